The van der Waals surface area contributed by atoms with Gasteiger partial charge >= 0.3 is 0 Å². The number of anilines is 1. The maximum Gasteiger partial charge on any atom is 0.160 e. The van der Waals surface area contributed by atoms with Crippen LogP contribution in [0.5, 0.6) is 0 Å². The van der Waals surface area contributed by atoms with Crippen LogP contribution >= 0.6 is 15.9 Å². The fraction of sp³-hybridized carbons (Fsp3) is 0.231. The van der Waals surface area contributed by atoms with Gasteiger partial charge in [-0.3, -0.25) is 0 Å². The number of furan rings is 1. The summed E-state index contributed by atoms with van der Waals surface area (Å²) in [7, 11) is 1.81. The van der Waals surface area contributed by atoms with E-state index >= 15 is 0 Å². The van der Waals surface area contributed by atoms with Crippen molar-refractivity contribution in [3.05, 3.63) is 52.1 Å². The standard InChI is InChI=1S/C13H14BrFN2O/c1-17(8-10-3-2-6-18-10)11-5-4-9(7-16)12(14)13(11)15/h2-6H,7-8,16H2,1H3. The maximum absolute atomic E-state index is 14.2. The third-order valence-corrected chi connectivity index (χ3v) is 3.60. The Bertz CT molecular complexity index is 528. The highest BCUT2D eigenvalue weighted by molar-refractivity contribution is 9.10. The van der Waals surface area contributed by atoms with Crippen LogP contribution in [-0.2, 0) is 13.1 Å². The predicted molar refractivity (Wildman–Crippen MR) is 72.8 cm³/mol. The molecule has 0 amide bonds. The minimum Gasteiger partial charge on any atom is -0.467 e. The van der Waals surface area contributed by atoms with Crippen molar-refractivity contribution in [2.75, 3.05) is 11.9 Å². The number of nitrogens with zero attached hydrogens (tertiary/aromatic N) is 1. The lowest BCUT2D eigenvalue weighted by Crippen LogP contribution is -2.18. The van der Waals surface area contributed by atoms with Crippen molar-refractivity contribution >= 4 is 21.6 Å². The average Bonchev–Trinajstić information content (AvgIpc) is 2.85. The molecule has 0 unspecified atom stereocenters. The van der Waals surface area contributed by atoms with Crippen molar-refractivity contribution < 1.29 is 8.81 Å². The Kier molecular flexibility index (Phi) is 4.04. The Hall–Kier alpha value is -1.33. The molecule has 0 radical (unpaired) electrons. The number of benzene rings is 1. The Morgan fingerprint density at radius 1 is 1.39 bits per heavy atom. The lowest BCUT2D eigenvalue weighted by Gasteiger charge is -2.20. The van der Waals surface area contributed by atoms with Crippen LogP contribution in [-0.4, -0.2) is 7.05 Å². The summed E-state index contributed by atoms with van der Waals surface area (Å²) in [5.41, 5.74) is 6.79. The number of halogens is 2. The van der Waals surface area contributed by atoms with Gasteiger partial charge in [0.15, 0.2) is 5.82 Å². The predicted octanol–water partition coefficient (Wildman–Crippen LogP) is 3.28. The van der Waals surface area contributed by atoms with Crippen molar-refractivity contribution in [1.29, 1.82) is 0 Å². The molecule has 18 heavy (non-hydrogen) atoms. The van der Waals surface area contributed by atoms with Gasteiger partial charge in [0.1, 0.15) is 5.76 Å². The van der Waals surface area contributed by atoms with Crippen LogP contribution in [0.3, 0.4) is 0 Å². The second kappa shape index (κ2) is 5.54. The fourth-order valence-electron chi connectivity index (χ4n) is 1.75. The highest BCUT2D eigenvalue weighted by Crippen LogP contribution is 2.29. The molecular formula is C13H14BrFN2O. The number of rotatable bonds is 4. The van der Waals surface area contributed by atoms with Gasteiger partial charge in [0, 0.05) is 13.6 Å². The molecule has 5 heteroatoms. The van der Waals surface area contributed by atoms with Crippen LogP contribution in [0.15, 0.2) is 39.4 Å². The van der Waals surface area contributed by atoms with Crippen LogP contribution in [0.2, 0.25) is 0 Å². The van der Waals surface area contributed by atoms with Crippen LogP contribution < -0.4 is 10.6 Å². The molecule has 96 valence electrons. The van der Waals surface area contributed by atoms with E-state index in [9.17, 15) is 4.39 Å². The van der Waals surface area contributed by atoms with E-state index in [4.69, 9.17) is 10.2 Å². The molecule has 0 saturated heterocycles. The van der Waals surface area contributed by atoms with Crippen molar-refractivity contribution in [2.24, 2.45) is 5.73 Å². The number of hydrogen-bond donors (Lipinski definition) is 1. The van der Waals surface area contributed by atoms with E-state index in [1.165, 1.54) is 0 Å². The molecule has 0 spiro atoms. The van der Waals surface area contributed by atoms with Crippen LogP contribution in [0, 0.1) is 5.82 Å². The number of hydrogen-bond acceptors (Lipinski definition) is 3. The molecule has 0 aliphatic carbocycles. The van der Waals surface area contributed by atoms with E-state index in [-0.39, 0.29) is 5.82 Å². The molecule has 0 aliphatic heterocycles. The summed E-state index contributed by atoms with van der Waals surface area (Å²) in [6, 6.07) is 7.22. The molecule has 3 nitrogen and oxygen atoms in total. The zero-order valence-electron chi connectivity index (χ0n) is 9.99. The normalized spacial score (nSPS) is 10.7. The molecule has 0 bridgehead atoms. The smallest absolute Gasteiger partial charge is 0.160 e. The molecular weight excluding hydrogens is 299 g/mol. The van der Waals surface area contributed by atoms with E-state index in [0.717, 1.165) is 11.3 Å². The van der Waals surface area contributed by atoms with Crippen LogP contribution in [0.4, 0.5) is 10.1 Å². The summed E-state index contributed by atoms with van der Waals surface area (Å²) in [4.78, 5) is 1.79. The minimum atomic E-state index is -0.299. The molecule has 0 atom stereocenters. The summed E-state index contributed by atoms with van der Waals surface area (Å²) < 4.78 is 19.8. The van der Waals surface area contributed by atoms with Crippen molar-refractivity contribution in [3.8, 4) is 0 Å². The van der Waals surface area contributed by atoms with E-state index in [1.807, 2.05) is 25.2 Å². The summed E-state index contributed by atoms with van der Waals surface area (Å²) in [5.74, 6) is 0.489. The van der Waals surface area contributed by atoms with Crippen molar-refractivity contribution in [2.45, 2.75) is 13.1 Å². The van der Waals surface area contributed by atoms with Gasteiger partial charge in [0.25, 0.3) is 0 Å². The van der Waals surface area contributed by atoms with Gasteiger partial charge in [-0.15, -0.1) is 0 Å². The Balaban J connectivity index is 2.25. The maximum atomic E-state index is 14.2. The highest BCUT2D eigenvalue weighted by atomic mass is 79.9. The molecule has 0 aliphatic rings. The summed E-state index contributed by atoms with van der Waals surface area (Å²) in [5, 5.41) is 0. The van der Waals surface area contributed by atoms with E-state index in [2.05, 4.69) is 15.9 Å². The molecule has 0 saturated carbocycles. The zero-order chi connectivity index (χ0) is 13.1. The van der Waals surface area contributed by atoms with E-state index in [1.54, 1.807) is 17.2 Å². The van der Waals surface area contributed by atoms with Gasteiger partial charge in [0.2, 0.25) is 0 Å². The first kappa shape index (κ1) is 13.1. The Morgan fingerprint density at radius 2 is 2.17 bits per heavy atom. The van der Waals surface area contributed by atoms with Crippen molar-refractivity contribution in [1.82, 2.24) is 0 Å². The minimum absolute atomic E-state index is 0.299. The van der Waals surface area contributed by atoms with Gasteiger partial charge in [-0.1, -0.05) is 6.07 Å². The molecule has 2 aromatic rings. The Morgan fingerprint density at radius 3 is 2.78 bits per heavy atom. The SMILES string of the molecule is CN(Cc1ccco1)c1ccc(CN)c(Br)c1F. The summed E-state index contributed by atoms with van der Waals surface area (Å²) >= 11 is 3.23. The quantitative estimate of drug-likeness (QED) is 0.942. The second-order valence-electron chi connectivity index (χ2n) is 4.01. The first-order chi connectivity index (χ1) is 8.63. The third kappa shape index (κ3) is 2.57. The van der Waals surface area contributed by atoms with E-state index in [0.29, 0.717) is 23.2 Å². The van der Waals surface area contributed by atoms with E-state index < -0.39 is 0 Å². The lowest BCUT2D eigenvalue weighted by molar-refractivity contribution is 0.505. The lowest BCUT2D eigenvalue weighted by atomic mass is 10.2. The largest absolute Gasteiger partial charge is 0.467 e. The molecule has 2 rings (SSSR count). The van der Waals surface area contributed by atoms with Crippen LogP contribution in [0.1, 0.15) is 11.3 Å². The molecule has 2 N–H and O–H groups in total. The monoisotopic (exact) mass is 312 g/mol. The fourth-order valence-corrected chi connectivity index (χ4v) is 2.25. The molecule has 0 fully saturated rings. The van der Waals surface area contributed by atoms with Gasteiger partial charge in [-0.25, -0.2) is 4.39 Å². The molecule has 1 heterocycles. The van der Waals surface area contributed by atoms with Crippen molar-refractivity contribution in [3.63, 3.8) is 0 Å². The second-order valence-corrected chi connectivity index (χ2v) is 4.80. The Labute approximate surface area is 114 Å². The summed E-state index contributed by atoms with van der Waals surface area (Å²) in [6.45, 7) is 0.817. The molecule has 1 aromatic heterocycles. The third-order valence-electron chi connectivity index (χ3n) is 2.75. The van der Waals surface area contributed by atoms with Gasteiger partial charge < -0.3 is 15.1 Å². The number of nitrogens with two attached hydrogens (primary N) is 1. The zero-order valence-corrected chi connectivity index (χ0v) is 11.6. The van der Waals surface area contributed by atoms with Gasteiger partial charge in [-0.2, -0.15) is 0 Å². The van der Waals surface area contributed by atoms with Gasteiger partial charge in [0.05, 0.1) is 23.0 Å². The first-order valence-corrected chi connectivity index (χ1v) is 6.33. The summed E-state index contributed by atoms with van der Waals surface area (Å²) in [6.07, 6.45) is 1.60. The van der Waals surface area contributed by atoms with Gasteiger partial charge in [-0.05, 0) is 39.7 Å². The topological polar surface area (TPSA) is 42.4 Å². The average molecular weight is 313 g/mol. The van der Waals surface area contributed by atoms with Crippen LogP contribution in [0.25, 0.3) is 0 Å². The first-order valence-electron chi connectivity index (χ1n) is 5.54. The molecule has 1 aromatic carbocycles. The highest BCUT2D eigenvalue weighted by Gasteiger charge is 2.14.